The molecule has 0 aromatic carbocycles. The van der Waals surface area contributed by atoms with Crippen molar-refractivity contribution >= 4 is 22.8 Å². The van der Waals surface area contributed by atoms with Gasteiger partial charge in [-0.15, -0.1) is 0 Å². The number of hydrogen-bond acceptors (Lipinski definition) is 3. The second kappa shape index (κ2) is 3.45. The number of alkyl halides is 1. The molecule has 14 heavy (non-hydrogen) atoms. The van der Waals surface area contributed by atoms with E-state index < -0.39 is 27.7 Å². The zero-order valence-electron chi connectivity index (χ0n) is 6.13. The summed E-state index contributed by atoms with van der Waals surface area (Å²) in [5.41, 5.74) is 0. The molecule has 0 saturated heterocycles. The van der Waals surface area contributed by atoms with Gasteiger partial charge in [0.25, 0.3) is 0 Å². The largest absolute Gasteiger partial charge is 0.406 e. The molecular weight excluding hydrogens is 268 g/mol. The zero-order chi connectivity index (χ0) is 12.0. The van der Waals surface area contributed by atoms with Gasteiger partial charge in [-0.3, -0.25) is 13.7 Å². The molecule has 0 aromatic heterocycles. The molecule has 0 rings (SSSR count). The second-order valence-corrected chi connectivity index (χ2v) is 8.36. The van der Waals surface area contributed by atoms with Crippen molar-refractivity contribution in [3.63, 3.8) is 0 Å². The molecule has 0 amide bonds. The van der Waals surface area contributed by atoms with Gasteiger partial charge in [0.15, 0.2) is 0 Å². The fraction of sp³-hybridized carbons (Fsp3) is 1.00. The second-order valence-electron chi connectivity index (χ2n) is 2.19. The van der Waals surface area contributed by atoms with E-state index >= 15 is 0 Å². The van der Waals surface area contributed by atoms with E-state index in [0.29, 0.717) is 0 Å². The van der Waals surface area contributed by atoms with Crippen molar-refractivity contribution in [1.29, 1.82) is 0 Å². The first-order valence-corrected chi connectivity index (χ1v) is 7.44. The summed E-state index contributed by atoms with van der Waals surface area (Å²) in [6.07, 6.45) is 0. The first-order chi connectivity index (χ1) is 5.75. The van der Waals surface area contributed by atoms with E-state index in [-0.39, 0.29) is 0 Å². The van der Waals surface area contributed by atoms with E-state index in [9.17, 15) is 18.1 Å². The van der Waals surface area contributed by atoms with E-state index in [1.54, 1.807) is 0 Å². The van der Waals surface area contributed by atoms with Gasteiger partial charge < -0.3 is 29.4 Å². The molecule has 6 N–H and O–H groups in total. The molecule has 0 aliphatic carbocycles. The fourth-order valence-electron chi connectivity index (χ4n) is 0.509. The van der Waals surface area contributed by atoms with Crippen molar-refractivity contribution in [2.45, 2.75) is 4.89 Å². The third-order valence-corrected chi connectivity index (χ3v) is 8.03. The molecule has 0 radical (unpaired) electrons. The summed E-state index contributed by atoms with van der Waals surface area (Å²) >= 11 is 0. The van der Waals surface area contributed by atoms with Gasteiger partial charge in [0, 0.05) is 0 Å². The van der Waals surface area contributed by atoms with Crippen LogP contribution in [0.2, 0.25) is 0 Å². The first kappa shape index (κ1) is 14.4. The van der Waals surface area contributed by atoms with E-state index in [0.717, 1.165) is 0 Å². The van der Waals surface area contributed by atoms with Gasteiger partial charge in [0.2, 0.25) is 0 Å². The minimum absolute atomic E-state index is 5.19. The first-order valence-electron chi connectivity index (χ1n) is 2.61. The third kappa shape index (κ3) is 2.14. The SMILES string of the molecule is O=P(O)(O)C(F)(P(=O)(O)O)P(=O)(O)O. The highest BCUT2D eigenvalue weighted by Gasteiger charge is 2.73. The monoisotopic (exact) mass is 274 g/mol. The molecule has 0 bridgehead atoms. The lowest BCUT2D eigenvalue weighted by Crippen LogP contribution is -2.23. The number of rotatable bonds is 3. The molecule has 86 valence electrons. The average Bonchev–Trinajstić information content (AvgIpc) is 1.77. The van der Waals surface area contributed by atoms with Crippen LogP contribution in [0.1, 0.15) is 0 Å². The van der Waals surface area contributed by atoms with E-state index in [4.69, 9.17) is 29.4 Å². The standard InChI is InChI=1S/CH6FO9P3/c2-1(12(3,4)5,13(6,7)8)14(9,10)11/h(H2,3,4,5)(H2,6,7,8)(H2,9,10,11). The molecule has 0 saturated carbocycles. The van der Waals surface area contributed by atoms with Crippen LogP contribution in [-0.4, -0.2) is 34.3 Å². The Bertz CT molecular complexity index is 299. The highest BCUT2D eigenvalue weighted by molar-refractivity contribution is 7.88. The van der Waals surface area contributed by atoms with Gasteiger partial charge >= 0.3 is 27.7 Å². The minimum atomic E-state index is -6.32. The molecule has 0 aliphatic heterocycles. The summed E-state index contributed by atoms with van der Waals surface area (Å²) in [5, 5.41) is 0. The Morgan fingerprint density at radius 2 is 0.857 bits per heavy atom. The van der Waals surface area contributed by atoms with Gasteiger partial charge in [-0.2, -0.15) is 0 Å². The lowest BCUT2D eigenvalue weighted by atomic mass is 11.7. The van der Waals surface area contributed by atoms with E-state index in [1.165, 1.54) is 0 Å². The molecule has 13 heteroatoms. The Hall–Kier alpha value is 0.380. The van der Waals surface area contributed by atoms with Crippen LogP contribution < -0.4 is 0 Å². The van der Waals surface area contributed by atoms with Crippen LogP contribution in [0.15, 0.2) is 0 Å². The van der Waals surface area contributed by atoms with Crippen molar-refractivity contribution in [2.24, 2.45) is 0 Å². The normalized spacial score (nSPS) is 15.6. The average molecular weight is 274 g/mol. The molecule has 0 aromatic rings. The molecule has 0 heterocycles. The third-order valence-electron chi connectivity index (χ3n) is 1.11. The van der Waals surface area contributed by atoms with Crippen molar-refractivity contribution in [3.8, 4) is 0 Å². The van der Waals surface area contributed by atoms with Crippen LogP contribution in [0, 0.1) is 0 Å². The van der Waals surface area contributed by atoms with E-state index in [2.05, 4.69) is 0 Å². The molecule has 0 spiro atoms. The van der Waals surface area contributed by atoms with Gasteiger partial charge in [0.1, 0.15) is 0 Å². The van der Waals surface area contributed by atoms with Gasteiger partial charge in [-0.1, -0.05) is 0 Å². The zero-order valence-corrected chi connectivity index (χ0v) is 8.81. The summed E-state index contributed by atoms with van der Waals surface area (Å²) in [6, 6.07) is 0. The summed E-state index contributed by atoms with van der Waals surface area (Å²) < 4.78 is 43.9. The summed E-state index contributed by atoms with van der Waals surface area (Å²) in [4.78, 5) is 43.8. The van der Waals surface area contributed by atoms with Crippen molar-refractivity contribution in [3.05, 3.63) is 0 Å². The van der Waals surface area contributed by atoms with Crippen LogP contribution in [0.5, 0.6) is 0 Å². The topological polar surface area (TPSA) is 173 Å². The lowest BCUT2D eigenvalue weighted by Gasteiger charge is -2.26. The minimum Gasteiger partial charge on any atom is -0.321 e. The maximum atomic E-state index is 13.0. The molecule has 0 unspecified atom stereocenters. The van der Waals surface area contributed by atoms with Crippen molar-refractivity contribution < 1.29 is 47.4 Å². The predicted molar refractivity (Wildman–Crippen MR) is 40.0 cm³/mol. The number of hydrogen-bond donors (Lipinski definition) is 6. The highest BCUT2D eigenvalue weighted by atomic mass is 31.3. The van der Waals surface area contributed by atoms with Gasteiger partial charge in [0.05, 0.1) is 0 Å². The van der Waals surface area contributed by atoms with Crippen LogP contribution >= 0.6 is 22.8 Å². The smallest absolute Gasteiger partial charge is 0.321 e. The molecule has 0 fully saturated rings. The summed E-state index contributed by atoms with van der Waals surface area (Å²) in [7, 11) is -19.0. The van der Waals surface area contributed by atoms with Gasteiger partial charge in [-0.25, -0.2) is 4.39 Å². The fourth-order valence-corrected chi connectivity index (χ4v) is 4.58. The van der Waals surface area contributed by atoms with Crippen molar-refractivity contribution in [1.82, 2.24) is 0 Å². The lowest BCUT2D eigenvalue weighted by molar-refractivity contribution is 0.236. The maximum absolute atomic E-state index is 13.0. The summed E-state index contributed by atoms with van der Waals surface area (Å²) in [5.74, 6) is 0. The molecule has 9 nitrogen and oxygen atoms in total. The quantitative estimate of drug-likeness (QED) is 0.356. The molecule has 0 atom stereocenters. The van der Waals surface area contributed by atoms with Crippen LogP contribution in [0.4, 0.5) is 4.39 Å². The van der Waals surface area contributed by atoms with Gasteiger partial charge in [-0.05, 0) is 0 Å². The van der Waals surface area contributed by atoms with E-state index in [1.807, 2.05) is 0 Å². The van der Waals surface area contributed by atoms with Crippen LogP contribution in [-0.2, 0) is 13.7 Å². The Morgan fingerprint density at radius 1 is 0.714 bits per heavy atom. The predicted octanol–water partition coefficient (Wildman–Crippen LogP) is -0.900. The highest BCUT2D eigenvalue weighted by Crippen LogP contribution is 2.83. The number of halogens is 1. The van der Waals surface area contributed by atoms with Crippen molar-refractivity contribution in [2.75, 3.05) is 0 Å². The molecule has 0 aliphatic rings. The Kier molecular flexibility index (Phi) is 3.54. The Labute approximate surface area is 76.1 Å². The maximum Gasteiger partial charge on any atom is 0.406 e. The molecular formula is CH6FO9P3. The van der Waals surface area contributed by atoms with Crippen LogP contribution in [0.3, 0.4) is 0 Å². The Balaban J connectivity index is 5.95. The summed E-state index contributed by atoms with van der Waals surface area (Å²) in [6.45, 7) is 0. The van der Waals surface area contributed by atoms with Crippen LogP contribution in [0.25, 0.3) is 0 Å². The Morgan fingerprint density at radius 3 is 0.857 bits per heavy atom.